The number of hydrogen-bond donors (Lipinski definition) is 1. The zero-order valence-electron chi connectivity index (χ0n) is 17.6. The smallest absolute Gasteiger partial charge is 0.410 e. The van der Waals surface area contributed by atoms with E-state index in [4.69, 9.17) is 10.5 Å². The van der Waals surface area contributed by atoms with Crippen LogP contribution in [0.4, 0.5) is 4.79 Å². The molecule has 1 fully saturated rings. The Kier molecular flexibility index (Phi) is 8.27. The third kappa shape index (κ3) is 6.34. The Hall–Kier alpha value is -3.33. The normalized spacial score (nSPS) is 18.1. The summed E-state index contributed by atoms with van der Waals surface area (Å²) in [5.41, 5.74) is 6.56. The number of carbonyl (C=O) groups is 3. The van der Waals surface area contributed by atoms with E-state index >= 15 is 0 Å². The van der Waals surface area contributed by atoms with Gasteiger partial charge in [-0.25, -0.2) is 9.78 Å². The third-order valence-corrected chi connectivity index (χ3v) is 6.21. The highest BCUT2D eigenvalue weighted by atomic mass is 32.2. The number of nitrogens with two attached hydrogens (primary N) is 1. The topological polar surface area (TPSA) is 108 Å². The predicted octanol–water partition coefficient (Wildman–Crippen LogP) is 3.11. The van der Waals surface area contributed by atoms with E-state index in [1.54, 1.807) is 35.6 Å². The standard InChI is InChI=1S/C23H26N4O4S/c1-2-12-31-23(30)27-15-20(32-22(29)17-6-4-3-5-7-17)13-18(27)10-11-26-16-25-14-19(26)8-9-21(24)28/h2-9,14,16,18,20H,1,10-13,15H2,(H2,24,28)/t18-,20+/m1/s1. The molecule has 3 rings (SSSR count). The molecule has 0 radical (unpaired) electrons. The number of carbonyl (C=O) groups excluding carboxylic acids is 3. The second-order valence-corrected chi connectivity index (χ2v) is 8.61. The van der Waals surface area contributed by atoms with Crippen LogP contribution in [-0.2, 0) is 16.1 Å². The van der Waals surface area contributed by atoms with E-state index in [-0.39, 0.29) is 23.0 Å². The maximum Gasteiger partial charge on any atom is 0.410 e. The van der Waals surface area contributed by atoms with E-state index in [0.29, 0.717) is 31.5 Å². The molecule has 2 N–H and O–H groups in total. The van der Waals surface area contributed by atoms with Crippen LogP contribution >= 0.6 is 11.8 Å². The SMILES string of the molecule is C=CCOC(=O)N1C[C@@H](SC(=O)c2ccccc2)C[C@H]1CCn1cncc1C=CC(N)=O. The van der Waals surface area contributed by atoms with Crippen LogP contribution in [0.15, 0.2) is 61.6 Å². The minimum Gasteiger partial charge on any atom is -0.445 e. The number of imidazole rings is 1. The lowest BCUT2D eigenvalue weighted by Crippen LogP contribution is -2.37. The number of ether oxygens (including phenoxy) is 1. The number of amides is 2. The summed E-state index contributed by atoms with van der Waals surface area (Å²) in [5, 5.41) is -0.0369. The number of hydrogen-bond acceptors (Lipinski definition) is 6. The zero-order chi connectivity index (χ0) is 22.9. The van der Waals surface area contributed by atoms with Gasteiger partial charge in [-0.1, -0.05) is 54.7 Å². The fourth-order valence-electron chi connectivity index (χ4n) is 3.58. The number of likely N-dealkylation sites (tertiary alicyclic amines) is 1. The Morgan fingerprint density at radius 2 is 2.06 bits per heavy atom. The Morgan fingerprint density at radius 1 is 1.28 bits per heavy atom. The summed E-state index contributed by atoms with van der Waals surface area (Å²) in [4.78, 5) is 42.1. The lowest BCUT2D eigenvalue weighted by Gasteiger charge is -2.24. The fourth-order valence-corrected chi connectivity index (χ4v) is 4.70. The minimum absolute atomic E-state index is 0.0101. The van der Waals surface area contributed by atoms with Crippen molar-refractivity contribution in [3.05, 3.63) is 72.8 Å². The van der Waals surface area contributed by atoms with Crippen LogP contribution in [0.1, 0.15) is 28.9 Å². The van der Waals surface area contributed by atoms with Gasteiger partial charge in [-0.15, -0.1) is 0 Å². The summed E-state index contributed by atoms with van der Waals surface area (Å²) in [6, 6.07) is 9.02. The van der Waals surface area contributed by atoms with Crippen molar-refractivity contribution in [1.29, 1.82) is 0 Å². The van der Waals surface area contributed by atoms with Crippen molar-refractivity contribution in [3.63, 3.8) is 0 Å². The first-order valence-electron chi connectivity index (χ1n) is 10.3. The van der Waals surface area contributed by atoms with Crippen molar-refractivity contribution in [2.75, 3.05) is 13.2 Å². The number of aromatic nitrogens is 2. The van der Waals surface area contributed by atoms with Gasteiger partial charge in [0.25, 0.3) is 0 Å². The van der Waals surface area contributed by atoms with Gasteiger partial charge in [0, 0.05) is 36.0 Å². The molecular weight excluding hydrogens is 428 g/mol. The lowest BCUT2D eigenvalue weighted by molar-refractivity contribution is -0.113. The van der Waals surface area contributed by atoms with Gasteiger partial charge in [-0.2, -0.15) is 0 Å². The molecule has 1 aromatic heterocycles. The van der Waals surface area contributed by atoms with E-state index < -0.39 is 12.0 Å². The van der Waals surface area contributed by atoms with E-state index in [0.717, 1.165) is 5.69 Å². The predicted molar refractivity (Wildman–Crippen MR) is 124 cm³/mol. The first-order chi connectivity index (χ1) is 15.5. The van der Waals surface area contributed by atoms with Crippen molar-refractivity contribution in [1.82, 2.24) is 14.5 Å². The first kappa shape index (κ1) is 23.3. The van der Waals surface area contributed by atoms with Crippen LogP contribution in [0.2, 0.25) is 0 Å². The Morgan fingerprint density at radius 3 is 2.78 bits per heavy atom. The van der Waals surface area contributed by atoms with Gasteiger partial charge in [-0.3, -0.25) is 9.59 Å². The molecule has 0 bridgehead atoms. The maximum atomic E-state index is 12.6. The molecule has 0 saturated carbocycles. The molecule has 1 aliphatic heterocycles. The molecule has 1 aliphatic rings. The van der Waals surface area contributed by atoms with Crippen molar-refractivity contribution in [2.45, 2.75) is 30.7 Å². The van der Waals surface area contributed by atoms with E-state index in [9.17, 15) is 14.4 Å². The van der Waals surface area contributed by atoms with E-state index in [1.807, 2.05) is 22.8 Å². The van der Waals surface area contributed by atoms with Gasteiger partial charge in [0.1, 0.15) is 6.61 Å². The van der Waals surface area contributed by atoms with E-state index in [1.165, 1.54) is 23.9 Å². The molecule has 9 heteroatoms. The van der Waals surface area contributed by atoms with Crippen molar-refractivity contribution < 1.29 is 19.1 Å². The number of rotatable bonds is 9. The average molecular weight is 455 g/mol. The van der Waals surface area contributed by atoms with Crippen LogP contribution in [0, 0.1) is 0 Å². The van der Waals surface area contributed by atoms with Crippen molar-refractivity contribution in [3.8, 4) is 0 Å². The van der Waals surface area contributed by atoms with Crippen molar-refractivity contribution >= 4 is 35.0 Å². The Bertz CT molecular complexity index is 989. The van der Waals surface area contributed by atoms with Gasteiger partial charge in [0.05, 0.1) is 18.2 Å². The molecule has 2 heterocycles. The average Bonchev–Trinajstić information content (AvgIpc) is 3.41. The summed E-state index contributed by atoms with van der Waals surface area (Å²) in [5.74, 6) is -0.535. The van der Waals surface area contributed by atoms with E-state index in [2.05, 4.69) is 11.6 Å². The number of primary amides is 1. The second kappa shape index (κ2) is 11.3. The zero-order valence-corrected chi connectivity index (χ0v) is 18.4. The molecule has 0 aliphatic carbocycles. The monoisotopic (exact) mass is 454 g/mol. The summed E-state index contributed by atoms with van der Waals surface area (Å²) in [6.45, 7) is 4.73. The molecule has 1 aromatic carbocycles. The second-order valence-electron chi connectivity index (χ2n) is 7.34. The Balaban J connectivity index is 1.67. The molecule has 32 heavy (non-hydrogen) atoms. The lowest BCUT2D eigenvalue weighted by atomic mass is 10.1. The highest BCUT2D eigenvalue weighted by Crippen LogP contribution is 2.32. The van der Waals surface area contributed by atoms with Gasteiger partial charge in [-0.05, 0) is 18.9 Å². The minimum atomic E-state index is -0.535. The highest BCUT2D eigenvalue weighted by Gasteiger charge is 2.37. The number of aryl methyl sites for hydroxylation is 1. The number of benzene rings is 1. The third-order valence-electron chi connectivity index (χ3n) is 5.08. The van der Waals surface area contributed by atoms with Crippen LogP contribution in [0.25, 0.3) is 6.08 Å². The Labute approximate surface area is 191 Å². The van der Waals surface area contributed by atoms with Gasteiger partial charge >= 0.3 is 6.09 Å². The molecule has 0 spiro atoms. The molecule has 8 nitrogen and oxygen atoms in total. The summed E-state index contributed by atoms with van der Waals surface area (Å²) < 4.78 is 7.15. The van der Waals surface area contributed by atoms with Crippen molar-refractivity contribution in [2.24, 2.45) is 5.73 Å². The summed E-state index contributed by atoms with van der Waals surface area (Å²) in [6.07, 6.45) is 8.63. The molecule has 168 valence electrons. The molecule has 2 aromatic rings. The number of nitrogens with zero attached hydrogens (tertiary/aromatic N) is 3. The maximum absolute atomic E-state index is 12.6. The quantitative estimate of drug-likeness (QED) is 0.461. The summed E-state index contributed by atoms with van der Waals surface area (Å²) >= 11 is 1.26. The fraction of sp³-hybridized carbons (Fsp3) is 0.304. The molecule has 2 atom stereocenters. The van der Waals surface area contributed by atoms with Crippen LogP contribution in [-0.4, -0.2) is 56.0 Å². The van der Waals surface area contributed by atoms with Gasteiger partial charge in [0.15, 0.2) is 0 Å². The molecule has 1 saturated heterocycles. The molecule has 2 amide bonds. The summed E-state index contributed by atoms with van der Waals surface area (Å²) in [7, 11) is 0. The van der Waals surface area contributed by atoms with Gasteiger partial charge < -0.3 is 19.9 Å². The highest BCUT2D eigenvalue weighted by molar-refractivity contribution is 8.14. The molecular formula is C23H26N4O4S. The van der Waals surface area contributed by atoms with Gasteiger partial charge in [0.2, 0.25) is 11.0 Å². The number of thioether (sulfide) groups is 1. The van der Waals surface area contributed by atoms with Crippen LogP contribution in [0.5, 0.6) is 0 Å². The molecule has 0 unspecified atom stereocenters. The van der Waals surface area contributed by atoms with Crippen LogP contribution < -0.4 is 5.73 Å². The first-order valence-corrected chi connectivity index (χ1v) is 11.1. The van der Waals surface area contributed by atoms with Crippen LogP contribution in [0.3, 0.4) is 0 Å². The largest absolute Gasteiger partial charge is 0.445 e.